The molecule has 1 N–H and O–H groups in total. The van der Waals surface area contributed by atoms with Crippen molar-refractivity contribution in [3.8, 4) is 10.4 Å². The molecule has 0 atom stereocenters. The number of carbonyl (C=O) groups excluding carboxylic acids is 2. The SMILES string of the molecule is Cc1cc(NC2(C)CCC2)ncc1-c1sc(C=O)nc1C(=O)N1C2CCC1CC2. The summed E-state index contributed by atoms with van der Waals surface area (Å²) in [6.45, 7) is 4.25. The topological polar surface area (TPSA) is 75.2 Å². The summed E-state index contributed by atoms with van der Waals surface area (Å²) in [5, 5.41) is 3.88. The second-order valence-corrected chi connectivity index (χ2v) is 9.98. The number of aromatic nitrogens is 2. The highest BCUT2D eigenvalue weighted by Gasteiger charge is 2.43. The number of nitrogens with zero attached hydrogens (tertiary/aromatic N) is 3. The normalized spacial score (nSPS) is 24.4. The summed E-state index contributed by atoms with van der Waals surface area (Å²) in [5.41, 5.74) is 2.46. The van der Waals surface area contributed by atoms with E-state index in [1.165, 1.54) is 17.8 Å². The van der Waals surface area contributed by atoms with E-state index < -0.39 is 0 Å². The molecule has 3 fully saturated rings. The molecular formula is C22H26N4O2S. The van der Waals surface area contributed by atoms with Crippen LogP contribution >= 0.6 is 11.3 Å². The van der Waals surface area contributed by atoms with E-state index in [1.54, 1.807) is 0 Å². The number of anilines is 1. The predicted molar refractivity (Wildman–Crippen MR) is 114 cm³/mol. The van der Waals surface area contributed by atoms with Gasteiger partial charge in [-0.2, -0.15) is 0 Å². The summed E-state index contributed by atoms with van der Waals surface area (Å²) >= 11 is 1.28. The number of nitrogens with one attached hydrogen (secondary N) is 1. The number of aryl methyl sites for hydroxylation is 1. The molecule has 2 aliphatic heterocycles. The Kier molecular flexibility index (Phi) is 4.46. The van der Waals surface area contributed by atoms with E-state index in [4.69, 9.17) is 0 Å². The zero-order valence-corrected chi connectivity index (χ0v) is 17.7. The third-order valence-electron chi connectivity index (χ3n) is 6.88. The second kappa shape index (κ2) is 6.90. The summed E-state index contributed by atoms with van der Waals surface area (Å²) in [6, 6.07) is 2.69. The smallest absolute Gasteiger partial charge is 0.274 e. The van der Waals surface area contributed by atoms with Crippen LogP contribution in [0.25, 0.3) is 10.4 Å². The summed E-state index contributed by atoms with van der Waals surface area (Å²) in [6.07, 6.45) is 10.4. The van der Waals surface area contributed by atoms with E-state index in [0.29, 0.717) is 22.8 Å². The van der Waals surface area contributed by atoms with Gasteiger partial charge in [-0.15, -0.1) is 11.3 Å². The van der Waals surface area contributed by atoms with E-state index in [-0.39, 0.29) is 11.4 Å². The molecule has 5 rings (SSSR count). The molecule has 2 bridgehead atoms. The molecule has 1 aliphatic carbocycles. The number of thiazole rings is 1. The highest BCUT2D eigenvalue weighted by Crippen LogP contribution is 2.41. The van der Waals surface area contributed by atoms with E-state index >= 15 is 0 Å². The van der Waals surface area contributed by atoms with E-state index in [1.807, 2.05) is 24.1 Å². The average Bonchev–Trinajstić information content (AvgIpc) is 3.40. The van der Waals surface area contributed by atoms with Crippen LogP contribution in [0.2, 0.25) is 0 Å². The molecule has 1 amide bonds. The largest absolute Gasteiger partial charge is 0.365 e. The number of pyridine rings is 1. The van der Waals surface area contributed by atoms with Crippen molar-refractivity contribution in [3.63, 3.8) is 0 Å². The van der Waals surface area contributed by atoms with Gasteiger partial charge in [0.05, 0.1) is 4.88 Å². The molecule has 1 saturated carbocycles. The maximum Gasteiger partial charge on any atom is 0.274 e. The van der Waals surface area contributed by atoms with Gasteiger partial charge in [0.1, 0.15) is 11.5 Å². The third-order valence-corrected chi connectivity index (χ3v) is 7.89. The number of aldehydes is 1. The first-order chi connectivity index (χ1) is 14.0. The van der Waals surface area contributed by atoms with Crippen LogP contribution < -0.4 is 5.32 Å². The van der Waals surface area contributed by atoms with Gasteiger partial charge in [-0.1, -0.05) is 0 Å². The Morgan fingerprint density at radius 3 is 2.52 bits per heavy atom. The lowest BCUT2D eigenvalue weighted by Crippen LogP contribution is -2.41. The van der Waals surface area contributed by atoms with Gasteiger partial charge in [-0.05, 0) is 70.4 Å². The van der Waals surface area contributed by atoms with Crippen LogP contribution in [-0.2, 0) is 0 Å². The van der Waals surface area contributed by atoms with Gasteiger partial charge < -0.3 is 10.2 Å². The van der Waals surface area contributed by atoms with Gasteiger partial charge in [-0.25, -0.2) is 9.97 Å². The Morgan fingerprint density at radius 2 is 1.97 bits per heavy atom. The van der Waals surface area contributed by atoms with Gasteiger partial charge >= 0.3 is 0 Å². The first kappa shape index (κ1) is 18.7. The van der Waals surface area contributed by atoms with Crippen molar-refractivity contribution in [3.05, 3.63) is 28.5 Å². The second-order valence-electron chi connectivity index (χ2n) is 8.95. The Morgan fingerprint density at radius 1 is 1.28 bits per heavy atom. The molecule has 2 aromatic rings. The molecule has 7 heteroatoms. The van der Waals surface area contributed by atoms with Crippen molar-refractivity contribution in [2.45, 2.75) is 76.4 Å². The number of hydrogen-bond donors (Lipinski definition) is 1. The van der Waals surface area contributed by atoms with Crippen molar-refractivity contribution in [1.82, 2.24) is 14.9 Å². The number of hydrogen-bond acceptors (Lipinski definition) is 6. The molecular weight excluding hydrogens is 384 g/mol. The quantitative estimate of drug-likeness (QED) is 0.737. The number of carbonyl (C=O) groups is 2. The molecule has 2 aromatic heterocycles. The first-order valence-electron chi connectivity index (χ1n) is 10.5. The van der Waals surface area contributed by atoms with Crippen molar-refractivity contribution in [2.24, 2.45) is 0 Å². The van der Waals surface area contributed by atoms with Gasteiger partial charge in [0.25, 0.3) is 5.91 Å². The molecule has 6 nitrogen and oxygen atoms in total. The fourth-order valence-electron chi connectivity index (χ4n) is 5.08. The molecule has 0 spiro atoms. The van der Waals surface area contributed by atoms with Gasteiger partial charge in [0.15, 0.2) is 11.3 Å². The van der Waals surface area contributed by atoms with Crippen LogP contribution in [0.4, 0.5) is 5.82 Å². The van der Waals surface area contributed by atoms with E-state index in [2.05, 4.69) is 22.2 Å². The molecule has 152 valence electrons. The molecule has 29 heavy (non-hydrogen) atoms. The first-order valence-corrected chi connectivity index (χ1v) is 11.3. The lowest BCUT2D eigenvalue weighted by atomic mass is 9.78. The van der Waals surface area contributed by atoms with Crippen LogP contribution in [0.15, 0.2) is 12.3 Å². The lowest BCUT2D eigenvalue weighted by Gasteiger charge is -2.39. The van der Waals surface area contributed by atoms with Crippen LogP contribution in [-0.4, -0.2) is 44.7 Å². The predicted octanol–water partition coefficient (Wildman–Crippen LogP) is 4.45. The summed E-state index contributed by atoms with van der Waals surface area (Å²) < 4.78 is 0. The molecule has 4 heterocycles. The van der Waals surface area contributed by atoms with E-state index in [0.717, 1.165) is 66.6 Å². The van der Waals surface area contributed by atoms with Crippen LogP contribution in [0.1, 0.15) is 77.7 Å². The molecule has 0 unspecified atom stereocenters. The van der Waals surface area contributed by atoms with Crippen molar-refractivity contribution < 1.29 is 9.59 Å². The van der Waals surface area contributed by atoms with Crippen LogP contribution in [0.5, 0.6) is 0 Å². The summed E-state index contributed by atoms with van der Waals surface area (Å²) in [4.78, 5) is 36.6. The fraction of sp³-hybridized carbons (Fsp3) is 0.545. The Bertz CT molecular complexity index is 961. The summed E-state index contributed by atoms with van der Waals surface area (Å²) in [7, 11) is 0. The van der Waals surface area contributed by atoms with Crippen molar-refractivity contribution in [2.75, 3.05) is 5.32 Å². The monoisotopic (exact) mass is 410 g/mol. The molecule has 0 aromatic carbocycles. The van der Waals surface area contributed by atoms with Gasteiger partial charge in [0.2, 0.25) is 0 Å². The minimum absolute atomic E-state index is 0.0297. The highest BCUT2D eigenvalue weighted by molar-refractivity contribution is 7.17. The lowest BCUT2D eigenvalue weighted by molar-refractivity contribution is 0.0725. The molecule has 3 aliphatic rings. The van der Waals surface area contributed by atoms with Crippen molar-refractivity contribution >= 4 is 29.3 Å². The third kappa shape index (κ3) is 3.16. The van der Waals surface area contributed by atoms with Crippen molar-refractivity contribution in [1.29, 1.82) is 0 Å². The van der Waals surface area contributed by atoms with Gasteiger partial charge in [-0.3, -0.25) is 9.59 Å². The maximum absolute atomic E-state index is 13.4. The Labute approximate surface area is 174 Å². The summed E-state index contributed by atoms with van der Waals surface area (Å²) in [5.74, 6) is 0.831. The standard InChI is InChI=1S/C22H26N4O2S/c1-13-10-17(25-22(2)8-3-9-22)23-11-16(13)20-19(24-18(12-27)29-20)21(28)26-14-4-5-15(26)7-6-14/h10-12,14-15H,3-9H2,1-2H3,(H,23,25). The van der Waals surface area contributed by atoms with Crippen LogP contribution in [0, 0.1) is 6.92 Å². The number of fused-ring (bicyclic) bond motifs is 2. The highest BCUT2D eigenvalue weighted by atomic mass is 32.1. The van der Waals surface area contributed by atoms with Gasteiger partial charge in [0, 0.05) is 29.4 Å². The molecule has 0 radical (unpaired) electrons. The maximum atomic E-state index is 13.4. The Balaban J connectivity index is 1.48. The molecule has 2 saturated heterocycles. The van der Waals surface area contributed by atoms with Crippen LogP contribution in [0.3, 0.4) is 0 Å². The Hall–Kier alpha value is -2.28. The minimum Gasteiger partial charge on any atom is -0.365 e. The average molecular weight is 411 g/mol. The minimum atomic E-state index is -0.0297. The van der Waals surface area contributed by atoms with E-state index in [9.17, 15) is 9.59 Å². The fourth-order valence-corrected chi connectivity index (χ4v) is 6.03. The zero-order chi connectivity index (χ0) is 20.2. The number of amides is 1. The zero-order valence-electron chi connectivity index (χ0n) is 16.9. The number of rotatable bonds is 5.